The third-order valence-corrected chi connectivity index (χ3v) is 0.922. The topological polar surface area (TPSA) is 30.7 Å². The minimum absolute atomic E-state index is 0.591. The van der Waals surface area contributed by atoms with Crippen molar-refractivity contribution < 1.29 is 4.39 Å². The van der Waals surface area contributed by atoms with Crippen LogP contribution in [-0.4, -0.2) is 14.8 Å². The maximum atomic E-state index is 11.7. The van der Waals surface area contributed by atoms with Gasteiger partial charge in [-0.1, -0.05) is 0 Å². The highest BCUT2D eigenvalue weighted by Gasteiger charge is 1.92. The molecular weight excluding hydrogens is 109 g/mol. The van der Waals surface area contributed by atoms with E-state index >= 15 is 0 Å². The average molecular weight is 115 g/mol. The first kappa shape index (κ1) is 5.21. The molecule has 0 saturated heterocycles. The van der Waals surface area contributed by atoms with Crippen LogP contribution >= 0.6 is 0 Å². The molecule has 0 aromatic carbocycles. The molecule has 0 fully saturated rings. The van der Waals surface area contributed by atoms with Crippen molar-refractivity contribution in [2.24, 2.45) is 0 Å². The molecule has 0 aliphatic carbocycles. The van der Waals surface area contributed by atoms with E-state index in [-0.39, 0.29) is 0 Å². The maximum absolute atomic E-state index is 11.7. The predicted molar refractivity (Wildman–Crippen MR) is 25.9 cm³/mol. The first-order valence-electron chi connectivity index (χ1n) is 2.25. The summed E-state index contributed by atoms with van der Waals surface area (Å²) in [5.74, 6) is 0.604. The van der Waals surface area contributed by atoms with Crippen LogP contribution in [0.15, 0.2) is 6.33 Å². The Morgan fingerprint density at radius 1 is 1.88 bits per heavy atom. The van der Waals surface area contributed by atoms with Crippen LogP contribution in [0.5, 0.6) is 0 Å². The molecule has 8 heavy (non-hydrogen) atoms. The minimum Gasteiger partial charge on any atom is -0.225 e. The fourth-order valence-corrected chi connectivity index (χ4v) is 0.439. The fraction of sp³-hybridized carbons (Fsp3) is 0.500. The Labute approximate surface area is 46.2 Å². The summed E-state index contributed by atoms with van der Waals surface area (Å²) >= 11 is 0. The minimum atomic E-state index is -0.591. The zero-order valence-corrected chi connectivity index (χ0v) is 4.50. The summed E-state index contributed by atoms with van der Waals surface area (Å²) in [6, 6.07) is 0. The third-order valence-electron chi connectivity index (χ3n) is 0.922. The summed E-state index contributed by atoms with van der Waals surface area (Å²) in [6.07, 6.45) is 1.33. The van der Waals surface area contributed by atoms with E-state index in [1.807, 2.05) is 0 Å². The largest absolute Gasteiger partial charge is 0.225 e. The molecule has 1 aromatic rings. The molecule has 0 aliphatic rings. The van der Waals surface area contributed by atoms with Gasteiger partial charge in [0.2, 0.25) is 0 Å². The molecule has 0 radical (unpaired) electrons. The number of aromatic nitrogens is 3. The molecule has 0 spiro atoms. The van der Waals surface area contributed by atoms with Crippen molar-refractivity contribution in [1.29, 1.82) is 0 Å². The Kier molecular flexibility index (Phi) is 1.24. The molecule has 0 saturated carbocycles. The second-order valence-electron chi connectivity index (χ2n) is 1.43. The number of alkyl halides is 1. The van der Waals surface area contributed by atoms with Crippen LogP contribution in [0.3, 0.4) is 0 Å². The SMILES string of the molecule is Cc1ncnn1CF. The van der Waals surface area contributed by atoms with Crippen molar-refractivity contribution in [3.8, 4) is 0 Å². The molecule has 44 valence electrons. The molecule has 1 heterocycles. The molecule has 0 aliphatic heterocycles. The van der Waals surface area contributed by atoms with E-state index in [4.69, 9.17) is 0 Å². The van der Waals surface area contributed by atoms with Gasteiger partial charge in [0, 0.05) is 0 Å². The molecule has 0 amide bonds. The van der Waals surface area contributed by atoms with Gasteiger partial charge < -0.3 is 0 Å². The molecule has 3 nitrogen and oxygen atoms in total. The van der Waals surface area contributed by atoms with Gasteiger partial charge in [-0.25, -0.2) is 14.1 Å². The van der Waals surface area contributed by atoms with Crippen LogP contribution in [0.1, 0.15) is 5.82 Å². The van der Waals surface area contributed by atoms with Gasteiger partial charge in [0.25, 0.3) is 0 Å². The second kappa shape index (κ2) is 1.90. The molecule has 0 atom stereocenters. The van der Waals surface area contributed by atoms with Crippen LogP contribution in [0.2, 0.25) is 0 Å². The Hall–Kier alpha value is -0.930. The van der Waals surface area contributed by atoms with E-state index in [1.54, 1.807) is 6.92 Å². The smallest absolute Gasteiger partial charge is 0.183 e. The Bertz CT molecular complexity index is 172. The van der Waals surface area contributed by atoms with E-state index in [1.165, 1.54) is 11.0 Å². The van der Waals surface area contributed by atoms with E-state index in [0.717, 1.165) is 0 Å². The maximum Gasteiger partial charge on any atom is 0.183 e. The molecule has 0 bridgehead atoms. The quantitative estimate of drug-likeness (QED) is 0.534. The van der Waals surface area contributed by atoms with Crippen LogP contribution in [0.25, 0.3) is 0 Å². The van der Waals surface area contributed by atoms with Gasteiger partial charge in [-0.05, 0) is 6.92 Å². The van der Waals surface area contributed by atoms with Crippen molar-refractivity contribution in [3.63, 3.8) is 0 Å². The van der Waals surface area contributed by atoms with Crippen LogP contribution in [0, 0.1) is 6.92 Å². The molecule has 1 aromatic heterocycles. The highest BCUT2D eigenvalue weighted by Crippen LogP contribution is 1.88. The van der Waals surface area contributed by atoms with Gasteiger partial charge in [0.15, 0.2) is 6.80 Å². The van der Waals surface area contributed by atoms with Gasteiger partial charge in [-0.3, -0.25) is 0 Å². The lowest BCUT2D eigenvalue weighted by molar-refractivity contribution is 0.343. The molecule has 1 rings (SSSR count). The lowest BCUT2D eigenvalue weighted by atomic mass is 10.7. The van der Waals surface area contributed by atoms with Crippen LogP contribution in [0.4, 0.5) is 4.39 Å². The van der Waals surface area contributed by atoms with E-state index in [2.05, 4.69) is 10.1 Å². The number of nitrogens with zero attached hydrogens (tertiary/aromatic N) is 3. The van der Waals surface area contributed by atoms with Gasteiger partial charge >= 0.3 is 0 Å². The highest BCUT2D eigenvalue weighted by molar-refractivity contribution is 4.76. The zero-order chi connectivity index (χ0) is 5.98. The van der Waals surface area contributed by atoms with E-state index in [0.29, 0.717) is 5.82 Å². The summed E-state index contributed by atoms with van der Waals surface area (Å²) in [5, 5.41) is 3.56. The standard InChI is InChI=1S/C4H6FN3/c1-4-6-3-7-8(4)2-5/h3H,2H2,1H3. The van der Waals surface area contributed by atoms with Crippen molar-refractivity contribution in [3.05, 3.63) is 12.2 Å². The van der Waals surface area contributed by atoms with Crippen LogP contribution < -0.4 is 0 Å². The first-order chi connectivity index (χ1) is 3.84. The molecule has 0 unspecified atom stereocenters. The lowest BCUT2D eigenvalue weighted by Crippen LogP contribution is -1.96. The van der Waals surface area contributed by atoms with E-state index < -0.39 is 6.80 Å². The lowest BCUT2D eigenvalue weighted by Gasteiger charge is -1.89. The Morgan fingerprint density at radius 3 is 2.88 bits per heavy atom. The van der Waals surface area contributed by atoms with Gasteiger partial charge in [-0.2, -0.15) is 5.10 Å². The predicted octanol–water partition coefficient (Wildman–Crippen LogP) is 0.514. The van der Waals surface area contributed by atoms with Crippen LogP contribution in [-0.2, 0) is 6.80 Å². The third kappa shape index (κ3) is 0.685. The van der Waals surface area contributed by atoms with Crippen molar-refractivity contribution in [1.82, 2.24) is 14.8 Å². The normalized spacial score (nSPS) is 9.75. The van der Waals surface area contributed by atoms with Crippen molar-refractivity contribution in [2.45, 2.75) is 13.7 Å². The molecule has 0 N–H and O–H groups in total. The number of rotatable bonds is 1. The average Bonchev–Trinajstić information content (AvgIpc) is 2.14. The molecular formula is C4H6FN3. The summed E-state index contributed by atoms with van der Waals surface area (Å²) in [6.45, 7) is 1.11. The fourth-order valence-electron chi connectivity index (χ4n) is 0.439. The number of hydrogen-bond donors (Lipinski definition) is 0. The van der Waals surface area contributed by atoms with Gasteiger partial charge in [-0.15, -0.1) is 0 Å². The summed E-state index contributed by atoms with van der Waals surface area (Å²) in [5.41, 5.74) is 0. The second-order valence-corrected chi connectivity index (χ2v) is 1.43. The number of halogens is 1. The number of aryl methyl sites for hydroxylation is 1. The van der Waals surface area contributed by atoms with Crippen molar-refractivity contribution >= 4 is 0 Å². The summed E-state index contributed by atoms with van der Waals surface area (Å²) in [7, 11) is 0. The van der Waals surface area contributed by atoms with Gasteiger partial charge in [0.1, 0.15) is 12.2 Å². The van der Waals surface area contributed by atoms with Gasteiger partial charge in [0.05, 0.1) is 0 Å². The Morgan fingerprint density at radius 2 is 2.62 bits per heavy atom. The summed E-state index contributed by atoms with van der Waals surface area (Å²) < 4.78 is 12.9. The van der Waals surface area contributed by atoms with E-state index in [9.17, 15) is 4.39 Å². The number of hydrogen-bond acceptors (Lipinski definition) is 2. The zero-order valence-electron chi connectivity index (χ0n) is 4.50. The highest BCUT2D eigenvalue weighted by atomic mass is 19.1. The first-order valence-corrected chi connectivity index (χ1v) is 2.25. The van der Waals surface area contributed by atoms with Crippen molar-refractivity contribution in [2.75, 3.05) is 0 Å². The Balaban J connectivity index is 2.92. The molecule has 4 heteroatoms. The monoisotopic (exact) mass is 115 g/mol. The summed E-state index contributed by atoms with van der Waals surface area (Å²) in [4.78, 5) is 3.70.